The second kappa shape index (κ2) is 5.88. The lowest BCUT2D eigenvalue weighted by molar-refractivity contribution is -0.120. The first-order valence-electron chi connectivity index (χ1n) is 5.43. The predicted octanol–water partition coefficient (Wildman–Crippen LogP) is 2.51. The molecule has 1 amide bonds. The van der Waals surface area contributed by atoms with Crippen LogP contribution in [-0.4, -0.2) is 17.1 Å². The molecule has 0 saturated carbocycles. The van der Waals surface area contributed by atoms with E-state index in [2.05, 4.69) is 15.5 Å². The number of nitrogens with one attached hydrogen (secondary N) is 1. The minimum Gasteiger partial charge on any atom is -0.273 e. The van der Waals surface area contributed by atoms with Gasteiger partial charge in [0.25, 0.3) is 0 Å². The van der Waals surface area contributed by atoms with Gasteiger partial charge in [-0.2, -0.15) is 5.10 Å². The summed E-state index contributed by atoms with van der Waals surface area (Å²) in [5.41, 5.74) is 3.29. The van der Waals surface area contributed by atoms with Crippen LogP contribution in [0.5, 0.6) is 0 Å². The Morgan fingerprint density at radius 1 is 1.50 bits per heavy atom. The fraction of sp³-hybridized carbons (Fsp3) is 0.250. The lowest BCUT2D eigenvalue weighted by Gasteiger charge is -1.95. The molecule has 2 heterocycles. The number of carbonyl (C=O) groups excluding carboxylic acids is 1. The van der Waals surface area contributed by atoms with Crippen molar-refractivity contribution in [1.82, 2.24) is 10.4 Å². The van der Waals surface area contributed by atoms with Gasteiger partial charge >= 0.3 is 0 Å². The molecule has 0 atom stereocenters. The number of carbonyl (C=O) groups is 1. The Morgan fingerprint density at radius 2 is 2.33 bits per heavy atom. The maximum absolute atomic E-state index is 11.6. The summed E-state index contributed by atoms with van der Waals surface area (Å²) in [5, 5.41) is 6.78. The molecule has 1 N–H and O–H groups in total. The van der Waals surface area contributed by atoms with Gasteiger partial charge in [0.05, 0.1) is 23.3 Å². The lowest BCUT2D eigenvalue weighted by Crippen LogP contribution is -2.19. The number of rotatable bonds is 4. The van der Waals surface area contributed by atoms with Crippen LogP contribution in [0.1, 0.15) is 20.5 Å². The van der Waals surface area contributed by atoms with Gasteiger partial charge in [-0.3, -0.25) is 4.79 Å². The van der Waals surface area contributed by atoms with Crippen LogP contribution in [0.3, 0.4) is 0 Å². The normalized spacial score (nSPS) is 11.0. The van der Waals surface area contributed by atoms with Gasteiger partial charge in [0.15, 0.2) is 0 Å². The Labute approximate surface area is 113 Å². The number of aromatic nitrogens is 1. The van der Waals surface area contributed by atoms with Crippen LogP contribution >= 0.6 is 22.7 Å². The molecular formula is C12H13N3OS2. The van der Waals surface area contributed by atoms with Gasteiger partial charge in [-0.15, -0.1) is 22.7 Å². The fourth-order valence-corrected chi connectivity index (χ4v) is 2.75. The third-order valence-electron chi connectivity index (χ3n) is 2.15. The van der Waals surface area contributed by atoms with Crippen molar-refractivity contribution in [3.8, 4) is 0 Å². The molecule has 18 heavy (non-hydrogen) atoms. The maximum atomic E-state index is 11.6. The zero-order chi connectivity index (χ0) is 13.0. The van der Waals surface area contributed by atoms with Crippen molar-refractivity contribution >= 4 is 34.8 Å². The molecule has 0 unspecified atom stereocenters. The minimum absolute atomic E-state index is 0.148. The topological polar surface area (TPSA) is 54.4 Å². The third kappa shape index (κ3) is 3.75. The lowest BCUT2D eigenvalue weighted by atomic mass is 10.3. The van der Waals surface area contributed by atoms with Crippen molar-refractivity contribution in [1.29, 1.82) is 0 Å². The minimum atomic E-state index is -0.148. The molecule has 0 radical (unpaired) electrons. The molecular weight excluding hydrogens is 266 g/mol. The molecule has 0 spiro atoms. The SMILES string of the molecule is Cc1ccc(/C=N\NC(=O)Cc2csc(C)n2)s1. The average Bonchev–Trinajstić information content (AvgIpc) is 2.88. The summed E-state index contributed by atoms with van der Waals surface area (Å²) in [5.74, 6) is -0.148. The molecule has 0 bridgehead atoms. The molecule has 0 aromatic carbocycles. The molecule has 0 saturated heterocycles. The van der Waals surface area contributed by atoms with Crippen molar-refractivity contribution in [2.45, 2.75) is 20.3 Å². The number of hydrogen-bond donors (Lipinski definition) is 1. The molecule has 0 aliphatic heterocycles. The van der Waals surface area contributed by atoms with Crippen molar-refractivity contribution in [2.75, 3.05) is 0 Å². The monoisotopic (exact) mass is 279 g/mol. The van der Waals surface area contributed by atoms with Crippen LogP contribution in [0.25, 0.3) is 0 Å². The summed E-state index contributed by atoms with van der Waals surface area (Å²) in [4.78, 5) is 18.0. The van der Waals surface area contributed by atoms with E-state index >= 15 is 0 Å². The summed E-state index contributed by atoms with van der Waals surface area (Å²) in [6, 6.07) is 3.99. The number of thiophene rings is 1. The van der Waals surface area contributed by atoms with E-state index < -0.39 is 0 Å². The van der Waals surface area contributed by atoms with Crippen LogP contribution in [0.15, 0.2) is 22.6 Å². The summed E-state index contributed by atoms with van der Waals surface area (Å²) in [7, 11) is 0. The number of nitrogens with zero attached hydrogens (tertiary/aromatic N) is 2. The zero-order valence-electron chi connectivity index (χ0n) is 10.1. The Balaban J connectivity index is 1.83. The number of hydrogen-bond acceptors (Lipinski definition) is 5. The van der Waals surface area contributed by atoms with Gasteiger partial charge in [0.1, 0.15) is 0 Å². The van der Waals surface area contributed by atoms with Crippen LogP contribution in [-0.2, 0) is 11.2 Å². The highest BCUT2D eigenvalue weighted by molar-refractivity contribution is 7.13. The van der Waals surface area contributed by atoms with Crippen molar-refractivity contribution in [2.24, 2.45) is 5.10 Å². The Morgan fingerprint density at radius 3 is 2.94 bits per heavy atom. The second-order valence-corrected chi connectivity index (χ2v) is 6.16. The standard InChI is InChI=1S/C12H13N3OS2/c1-8-3-4-11(18-8)6-13-15-12(16)5-10-7-17-9(2)14-10/h3-4,6-7H,5H2,1-2H3,(H,15,16)/b13-6-. The Kier molecular flexibility index (Phi) is 4.22. The third-order valence-corrected chi connectivity index (χ3v) is 3.91. The maximum Gasteiger partial charge on any atom is 0.246 e. The molecule has 6 heteroatoms. The van der Waals surface area contributed by atoms with Gasteiger partial charge in [0.2, 0.25) is 5.91 Å². The number of amides is 1. The molecule has 94 valence electrons. The fourth-order valence-electron chi connectivity index (χ4n) is 1.38. The predicted molar refractivity (Wildman–Crippen MR) is 75.3 cm³/mol. The van der Waals surface area contributed by atoms with Crippen LogP contribution in [0, 0.1) is 13.8 Å². The van der Waals surface area contributed by atoms with E-state index in [-0.39, 0.29) is 12.3 Å². The van der Waals surface area contributed by atoms with Gasteiger partial charge in [-0.1, -0.05) is 0 Å². The van der Waals surface area contributed by atoms with E-state index in [0.717, 1.165) is 15.6 Å². The summed E-state index contributed by atoms with van der Waals surface area (Å²) in [6.07, 6.45) is 1.92. The molecule has 0 fully saturated rings. The van der Waals surface area contributed by atoms with Crippen molar-refractivity contribution < 1.29 is 4.79 Å². The zero-order valence-corrected chi connectivity index (χ0v) is 11.8. The molecule has 0 aliphatic carbocycles. The first kappa shape index (κ1) is 12.9. The summed E-state index contributed by atoms with van der Waals surface area (Å²) < 4.78 is 0. The smallest absolute Gasteiger partial charge is 0.246 e. The summed E-state index contributed by atoms with van der Waals surface area (Å²) in [6.45, 7) is 3.95. The quantitative estimate of drug-likeness (QED) is 0.690. The molecule has 2 rings (SSSR count). The van der Waals surface area contributed by atoms with Gasteiger partial charge < -0.3 is 0 Å². The van der Waals surface area contributed by atoms with Crippen LogP contribution in [0.4, 0.5) is 0 Å². The molecule has 2 aromatic rings. The van der Waals surface area contributed by atoms with Crippen LogP contribution < -0.4 is 5.43 Å². The molecule has 0 aliphatic rings. The molecule has 4 nitrogen and oxygen atoms in total. The van der Waals surface area contributed by atoms with E-state index in [9.17, 15) is 4.79 Å². The Bertz CT molecular complexity index is 571. The average molecular weight is 279 g/mol. The van der Waals surface area contributed by atoms with Crippen LogP contribution in [0.2, 0.25) is 0 Å². The summed E-state index contributed by atoms with van der Waals surface area (Å²) >= 11 is 3.18. The Hall–Kier alpha value is -1.53. The van der Waals surface area contributed by atoms with Crippen molar-refractivity contribution in [3.63, 3.8) is 0 Å². The van der Waals surface area contributed by atoms with E-state index in [4.69, 9.17) is 0 Å². The van der Waals surface area contributed by atoms with Gasteiger partial charge in [0, 0.05) is 15.1 Å². The van der Waals surface area contributed by atoms with Crippen molar-refractivity contribution in [3.05, 3.63) is 38.0 Å². The largest absolute Gasteiger partial charge is 0.273 e. The van der Waals surface area contributed by atoms with Gasteiger partial charge in [-0.25, -0.2) is 10.4 Å². The number of hydrazone groups is 1. The second-order valence-electron chi connectivity index (χ2n) is 3.78. The van der Waals surface area contributed by atoms with E-state index in [1.807, 2.05) is 31.4 Å². The highest BCUT2D eigenvalue weighted by Gasteiger charge is 2.04. The first-order valence-corrected chi connectivity index (χ1v) is 7.12. The van der Waals surface area contributed by atoms with E-state index in [1.165, 1.54) is 4.88 Å². The van der Waals surface area contributed by atoms with E-state index in [1.54, 1.807) is 28.9 Å². The molecule has 2 aromatic heterocycles. The highest BCUT2D eigenvalue weighted by Crippen LogP contribution is 2.12. The number of thiazole rings is 1. The number of aryl methyl sites for hydroxylation is 2. The first-order chi connectivity index (χ1) is 8.63. The van der Waals surface area contributed by atoms with E-state index in [0.29, 0.717) is 0 Å². The van der Waals surface area contributed by atoms with Gasteiger partial charge in [-0.05, 0) is 26.0 Å². The highest BCUT2D eigenvalue weighted by atomic mass is 32.1.